The summed E-state index contributed by atoms with van der Waals surface area (Å²) in [6.45, 7) is 1.37. The van der Waals surface area contributed by atoms with Crippen LogP contribution in [0.2, 0.25) is 5.02 Å². The van der Waals surface area contributed by atoms with E-state index in [1.165, 1.54) is 10.9 Å². The molecule has 0 bridgehead atoms. The molecule has 1 aromatic heterocycles. The van der Waals surface area contributed by atoms with Gasteiger partial charge in [0.1, 0.15) is 6.54 Å². The monoisotopic (exact) mass is 486 g/mol. The molecule has 0 unspecified atom stereocenters. The zero-order chi connectivity index (χ0) is 23.2. The number of anilines is 1. The van der Waals surface area contributed by atoms with Crippen molar-refractivity contribution in [3.8, 4) is 0 Å². The van der Waals surface area contributed by atoms with Crippen LogP contribution in [0.3, 0.4) is 0 Å². The molecule has 0 radical (unpaired) electrons. The van der Waals surface area contributed by atoms with Crippen LogP contribution in [0.15, 0.2) is 52.4 Å². The number of hydrogen-bond acceptors (Lipinski definition) is 5. The first-order valence-electron chi connectivity index (χ1n) is 10.9. The van der Waals surface area contributed by atoms with Crippen molar-refractivity contribution in [2.45, 2.75) is 37.1 Å². The largest absolute Gasteiger partial charge is 0.310 e. The molecule has 2 aliphatic heterocycles. The number of rotatable bonds is 4. The summed E-state index contributed by atoms with van der Waals surface area (Å²) in [5, 5.41) is 0.877. The number of halogens is 1. The van der Waals surface area contributed by atoms with Crippen LogP contribution < -0.4 is 10.5 Å². The van der Waals surface area contributed by atoms with Gasteiger partial charge < -0.3 is 4.90 Å². The third-order valence-electron chi connectivity index (χ3n) is 6.29. The predicted octanol–water partition coefficient (Wildman–Crippen LogP) is 2.81. The number of hydrogen-bond donors (Lipinski definition) is 0. The number of carbonyl (C=O) groups excluding carboxylic acids is 1. The van der Waals surface area contributed by atoms with Gasteiger partial charge in [-0.15, -0.1) is 0 Å². The van der Waals surface area contributed by atoms with Gasteiger partial charge in [-0.1, -0.05) is 18.0 Å². The molecule has 1 fully saturated rings. The van der Waals surface area contributed by atoms with Crippen molar-refractivity contribution in [1.82, 2.24) is 13.9 Å². The first-order chi connectivity index (χ1) is 15.8. The molecule has 10 heteroatoms. The lowest BCUT2D eigenvalue weighted by molar-refractivity contribution is -0.119. The fraction of sp³-hybridized carbons (Fsp3) is 0.348. The molecule has 8 nitrogen and oxygen atoms in total. The summed E-state index contributed by atoms with van der Waals surface area (Å²) in [4.78, 5) is 31.9. The Labute approximate surface area is 196 Å². The Morgan fingerprint density at radius 2 is 1.82 bits per heavy atom. The second-order valence-electron chi connectivity index (χ2n) is 8.39. The van der Waals surface area contributed by atoms with Crippen molar-refractivity contribution in [1.29, 1.82) is 0 Å². The molecule has 2 aliphatic rings. The summed E-state index contributed by atoms with van der Waals surface area (Å²) in [5.41, 5.74) is 1.67. The Balaban J connectivity index is 1.38. The van der Waals surface area contributed by atoms with Crippen LogP contribution in [0.4, 0.5) is 5.69 Å². The highest BCUT2D eigenvalue weighted by Crippen LogP contribution is 2.32. The Morgan fingerprint density at radius 3 is 2.61 bits per heavy atom. The number of nitrogens with zero attached hydrogens (tertiary/aromatic N) is 4. The van der Waals surface area contributed by atoms with Crippen LogP contribution in [0.25, 0.3) is 10.9 Å². The summed E-state index contributed by atoms with van der Waals surface area (Å²) in [6.07, 6.45) is 4.72. The first-order valence-corrected chi connectivity index (χ1v) is 12.7. The van der Waals surface area contributed by atoms with Crippen LogP contribution in [0, 0.1) is 0 Å². The van der Waals surface area contributed by atoms with Crippen LogP contribution in [-0.2, 0) is 27.8 Å². The van der Waals surface area contributed by atoms with Crippen LogP contribution in [-0.4, -0.2) is 47.8 Å². The average Bonchev–Trinajstić information content (AvgIpc) is 3.25. The van der Waals surface area contributed by atoms with Gasteiger partial charge in [-0.05, 0) is 61.2 Å². The molecule has 0 aliphatic carbocycles. The highest BCUT2D eigenvalue weighted by atomic mass is 35.5. The molecule has 3 aromatic rings. The van der Waals surface area contributed by atoms with Crippen molar-refractivity contribution in [3.05, 3.63) is 63.7 Å². The summed E-state index contributed by atoms with van der Waals surface area (Å²) >= 11 is 5.96. The molecule has 1 amide bonds. The summed E-state index contributed by atoms with van der Waals surface area (Å²) < 4.78 is 28.8. The van der Waals surface area contributed by atoms with Crippen LogP contribution >= 0.6 is 11.6 Å². The third-order valence-corrected chi connectivity index (χ3v) is 8.42. The van der Waals surface area contributed by atoms with E-state index in [9.17, 15) is 18.0 Å². The average molecular weight is 487 g/mol. The molecule has 33 heavy (non-hydrogen) atoms. The van der Waals surface area contributed by atoms with Gasteiger partial charge in [0.05, 0.1) is 22.1 Å². The highest BCUT2D eigenvalue weighted by Gasteiger charge is 2.30. The predicted molar refractivity (Wildman–Crippen MR) is 126 cm³/mol. The maximum atomic E-state index is 13.0. The SMILES string of the molecule is O=C(Cn1cnc2cc(Cl)ccc2c1=O)N1CCc2cc(S(=O)(=O)N3CCCCC3)ccc21. The van der Waals surface area contributed by atoms with Crippen molar-refractivity contribution in [2.75, 3.05) is 24.5 Å². The van der Waals surface area contributed by atoms with E-state index in [4.69, 9.17) is 11.6 Å². The van der Waals surface area contributed by atoms with Gasteiger partial charge in [0.15, 0.2) is 0 Å². The molecule has 5 rings (SSSR count). The third kappa shape index (κ3) is 4.05. The number of fused-ring (bicyclic) bond motifs is 2. The summed E-state index contributed by atoms with van der Waals surface area (Å²) in [6, 6.07) is 9.77. The smallest absolute Gasteiger partial charge is 0.261 e. The standard InChI is InChI=1S/C23H23ClN4O4S/c24-17-4-6-19-20(13-17)25-15-26(23(19)30)14-22(29)28-11-8-16-12-18(5-7-21(16)28)33(31,32)27-9-2-1-3-10-27/h4-7,12-13,15H,1-3,8-11,14H2. The van der Waals surface area contributed by atoms with Crippen molar-refractivity contribution in [2.24, 2.45) is 0 Å². The van der Waals surface area contributed by atoms with E-state index in [-0.39, 0.29) is 22.9 Å². The molecule has 0 spiro atoms. The van der Waals surface area contributed by atoms with E-state index in [1.54, 1.807) is 45.6 Å². The number of sulfonamides is 1. The summed E-state index contributed by atoms with van der Waals surface area (Å²) in [7, 11) is -3.53. The lowest BCUT2D eigenvalue weighted by atomic mass is 10.2. The minimum Gasteiger partial charge on any atom is -0.310 e. The quantitative estimate of drug-likeness (QED) is 0.565. The maximum absolute atomic E-state index is 13.0. The highest BCUT2D eigenvalue weighted by molar-refractivity contribution is 7.89. The van der Waals surface area contributed by atoms with E-state index >= 15 is 0 Å². The van der Waals surface area contributed by atoms with Gasteiger partial charge in [0, 0.05) is 30.3 Å². The van der Waals surface area contributed by atoms with Gasteiger partial charge in [-0.25, -0.2) is 13.4 Å². The van der Waals surface area contributed by atoms with Gasteiger partial charge in [-0.3, -0.25) is 14.2 Å². The van der Waals surface area contributed by atoms with E-state index in [1.807, 2.05) is 0 Å². The van der Waals surface area contributed by atoms with E-state index in [2.05, 4.69) is 4.98 Å². The fourth-order valence-electron chi connectivity index (χ4n) is 4.53. The Kier molecular flexibility index (Phi) is 5.72. The second-order valence-corrected chi connectivity index (χ2v) is 10.8. The second kappa shape index (κ2) is 8.55. The topological polar surface area (TPSA) is 92.6 Å². The molecule has 1 saturated heterocycles. The number of aromatic nitrogens is 2. The van der Waals surface area contributed by atoms with Gasteiger partial charge >= 0.3 is 0 Å². The van der Waals surface area contributed by atoms with Crippen molar-refractivity contribution >= 4 is 44.1 Å². The molecule has 172 valence electrons. The van der Waals surface area contributed by atoms with Crippen LogP contribution in [0.1, 0.15) is 24.8 Å². The number of amides is 1. The van der Waals surface area contributed by atoms with Gasteiger partial charge in [0.25, 0.3) is 5.56 Å². The fourth-order valence-corrected chi connectivity index (χ4v) is 6.26. The Morgan fingerprint density at radius 1 is 1.03 bits per heavy atom. The number of benzene rings is 2. The molecular weight excluding hydrogens is 464 g/mol. The van der Waals surface area contributed by atoms with E-state index in [0.29, 0.717) is 47.7 Å². The minimum atomic E-state index is -3.53. The Bertz CT molecular complexity index is 1410. The first kappa shape index (κ1) is 22.1. The number of carbonyl (C=O) groups is 1. The molecule has 2 aromatic carbocycles. The van der Waals surface area contributed by atoms with Gasteiger partial charge in [0.2, 0.25) is 15.9 Å². The molecule has 3 heterocycles. The lowest BCUT2D eigenvalue weighted by Gasteiger charge is -2.26. The summed E-state index contributed by atoms with van der Waals surface area (Å²) in [5.74, 6) is -0.252. The van der Waals surface area contributed by atoms with Crippen LogP contribution in [0.5, 0.6) is 0 Å². The normalized spacial score (nSPS) is 16.8. The van der Waals surface area contributed by atoms with E-state index < -0.39 is 10.0 Å². The lowest BCUT2D eigenvalue weighted by Crippen LogP contribution is -2.36. The molecule has 0 atom stereocenters. The number of piperidine rings is 1. The van der Waals surface area contributed by atoms with Crippen molar-refractivity contribution < 1.29 is 13.2 Å². The van der Waals surface area contributed by atoms with Gasteiger partial charge in [-0.2, -0.15) is 4.31 Å². The molecule has 0 N–H and O–H groups in total. The van der Waals surface area contributed by atoms with Crippen molar-refractivity contribution in [3.63, 3.8) is 0 Å². The molecule has 0 saturated carbocycles. The zero-order valence-electron chi connectivity index (χ0n) is 17.9. The molecular formula is C23H23ClN4O4S. The van der Waals surface area contributed by atoms with E-state index in [0.717, 1.165) is 24.8 Å². The zero-order valence-corrected chi connectivity index (χ0v) is 19.5. The minimum absolute atomic E-state index is 0.155. The Hall–Kier alpha value is -2.75. The maximum Gasteiger partial charge on any atom is 0.261 e.